The van der Waals surface area contributed by atoms with E-state index in [1.807, 2.05) is 6.08 Å². The van der Waals surface area contributed by atoms with E-state index in [1.165, 1.54) is 31.9 Å². The summed E-state index contributed by atoms with van der Waals surface area (Å²) in [5.74, 6) is -0.232. The lowest BCUT2D eigenvalue weighted by atomic mass is 9.94. The second-order valence-electron chi connectivity index (χ2n) is 3.69. The van der Waals surface area contributed by atoms with Crippen LogP contribution in [-0.4, -0.2) is 13.1 Å². The molecule has 1 saturated carbocycles. The number of esters is 1. The second-order valence-corrected chi connectivity index (χ2v) is 4.10. The van der Waals surface area contributed by atoms with E-state index < -0.39 is 0 Å². The predicted molar refractivity (Wildman–Crippen MR) is 61.7 cm³/mol. The Morgan fingerprint density at radius 3 is 2.67 bits per heavy atom. The number of hydrogen-bond acceptors (Lipinski definition) is 2. The Balaban J connectivity index is 2.45. The number of allylic oxidation sites excluding steroid dienone is 3. The van der Waals surface area contributed by atoms with Crippen LogP contribution in [0, 0.1) is 0 Å². The SMILES string of the molecule is COC(=O)C/C=C/C(Cl)=C1CCCCC1. The third-order valence-electron chi connectivity index (χ3n) is 2.57. The maximum Gasteiger partial charge on any atom is 0.309 e. The molecule has 0 spiro atoms. The lowest BCUT2D eigenvalue weighted by Gasteiger charge is -2.14. The highest BCUT2D eigenvalue weighted by atomic mass is 35.5. The van der Waals surface area contributed by atoms with Gasteiger partial charge in [0.2, 0.25) is 0 Å². The average molecular weight is 229 g/mol. The summed E-state index contributed by atoms with van der Waals surface area (Å²) in [5.41, 5.74) is 1.32. The van der Waals surface area contributed by atoms with Gasteiger partial charge in [-0.1, -0.05) is 29.7 Å². The minimum Gasteiger partial charge on any atom is -0.469 e. The molecule has 1 aliphatic rings. The Morgan fingerprint density at radius 1 is 1.40 bits per heavy atom. The van der Waals surface area contributed by atoms with Crippen molar-refractivity contribution in [1.82, 2.24) is 0 Å². The summed E-state index contributed by atoms with van der Waals surface area (Å²) in [4.78, 5) is 10.8. The highest BCUT2D eigenvalue weighted by Crippen LogP contribution is 2.27. The molecule has 0 aromatic rings. The van der Waals surface area contributed by atoms with Gasteiger partial charge in [0.05, 0.1) is 13.5 Å². The van der Waals surface area contributed by atoms with Gasteiger partial charge in [0.1, 0.15) is 0 Å². The second kappa shape index (κ2) is 6.67. The summed E-state index contributed by atoms with van der Waals surface area (Å²) in [6.07, 6.45) is 9.84. The van der Waals surface area contributed by atoms with Crippen molar-refractivity contribution >= 4 is 17.6 Å². The van der Waals surface area contributed by atoms with Gasteiger partial charge < -0.3 is 4.74 Å². The molecule has 0 N–H and O–H groups in total. The monoisotopic (exact) mass is 228 g/mol. The summed E-state index contributed by atoms with van der Waals surface area (Å²) in [7, 11) is 1.39. The van der Waals surface area contributed by atoms with Crippen molar-refractivity contribution in [3.8, 4) is 0 Å². The molecule has 0 aliphatic heterocycles. The Hall–Kier alpha value is -0.760. The van der Waals surface area contributed by atoms with Gasteiger partial charge in [0, 0.05) is 5.03 Å². The van der Waals surface area contributed by atoms with Gasteiger partial charge in [-0.15, -0.1) is 0 Å². The minimum atomic E-state index is -0.232. The molecule has 84 valence electrons. The first kappa shape index (κ1) is 12.3. The zero-order chi connectivity index (χ0) is 11.1. The molecule has 0 atom stereocenters. The van der Waals surface area contributed by atoms with Crippen LogP contribution >= 0.6 is 11.6 Å². The zero-order valence-corrected chi connectivity index (χ0v) is 9.85. The van der Waals surface area contributed by atoms with Crippen molar-refractivity contribution in [2.75, 3.05) is 7.11 Å². The van der Waals surface area contributed by atoms with Gasteiger partial charge in [-0.05, 0) is 31.8 Å². The van der Waals surface area contributed by atoms with Crippen LogP contribution in [0.3, 0.4) is 0 Å². The third-order valence-corrected chi connectivity index (χ3v) is 2.96. The van der Waals surface area contributed by atoms with Crippen molar-refractivity contribution in [3.63, 3.8) is 0 Å². The van der Waals surface area contributed by atoms with Crippen LogP contribution in [0.1, 0.15) is 38.5 Å². The normalized spacial score (nSPS) is 16.8. The third kappa shape index (κ3) is 4.52. The molecule has 0 aromatic heterocycles. The van der Waals surface area contributed by atoms with E-state index in [0.29, 0.717) is 6.42 Å². The predicted octanol–water partition coefficient (Wildman–Crippen LogP) is 3.56. The van der Waals surface area contributed by atoms with Gasteiger partial charge in [-0.2, -0.15) is 0 Å². The van der Waals surface area contributed by atoms with Crippen molar-refractivity contribution in [1.29, 1.82) is 0 Å². The first-order valence-electron chi connectivity index (χ1n) is 5.35. The Morgan fingerprint density at radius 2 is 2.07 bits per heavy atom. The molecule has 2 nitrogen and oxygen atoms in total. The fraction of sp³-hybridized carbons (Fsp3) is 0.583. The van der Waals surface area contributed by atoms with E-state index in [0.717, 1.165) is 17.9 Å². The zero-order valence-electron chi connectivity index (χ0n) is 9.09. The largest absolute Gasteiger partial charge is 0.469 e. The number of carbonyl (C=O) groups excluding carboxylic acids is 1. The fourth-order valence-electron chi connectivity index (χ4n) is 1.68. The number of hydrogen-bond donors (Lipinski definition) is 0. The van der Waals surface area contributed by atoms with Crippen molar-refractivity contribution in [2.45, 2.75) is 38.5 Å². The summed E-state index contributed by atoms with van der Waals surface area (Å²) in [6, 6.07) is 0. The molecule has 0 unspecified atom stereocenters. The maximum absolute atomic E-state index is 10.8. The first-order valence-corrected chi connectivity index (χ1v) is 5.72. The average Bonchev–Trinajstić information content (AvgIpc) is 2.29. The Kier molecular flexibility index (Phi) is 5.48. The van der Waals surface area contributed by atoms with E-state index in [2.05, 4.69) is 4.74 Å². The topological polar surface area (TPSA) is 26.3 Å². The summed E-state index contributed by atoms with van der Waals surface area (Å²) >= 11 is 6.13. The molecular weight excluding hydrogens is 212 g/mol. The van der Waals surface area contributed by atoms with E-state index >= 15 is 0 Å². The highest BCUT2D eigenvalue weighted by Gasteiger charge is 2.08. The first-order chi connectivity index (χ1) is 7.24. The quantitative estimate of drug-likeness (QED) is 0.691. The summed E-state index contributed by atoms with van der Waals surface area (Å²) in [5, 5.41) is 0.804. The van der Waals surface area contributed by atoms with Gasteiger partial charge in [-0.3, -0.25) is 4.79 Å². The molecule has 15 heavy (non-hydrogen) atoms. The molecule has 0 saturated heterocycles. The summed E-state index contributed by atoms with van der Waals surface area (Å²) < 4.78 is 4.53. The molecule has 0 heterocycles. The number of methoxy groups -OCH3 is 1. The number of ether oxygens (including phenoxy) is 1. The Labute approximate surface area is 95.9 Å². The van der Waals surface area contributed by atoms with Gasteiger partial charge >= 0.3 is 5.97 Å². The van der Waals surface area contributed by atoms with Crippen LogP contribution in [0.5, 0.6) is 0 Å². The smallest absolute Gasteiger partial charge is 0.309 e. The number of halogens is 1. The molecular formula is C12H17ClO2. The molecule has 1 aliphatic carbocycles. The van der Waals surface area contributed by atoms with Gasteiger partial charge in [0.15, 0.2) is 0 Å². The maximum atomic E-state index is 10.8. The van der Waals surface area contributed by atoms with Crippen LogP contribution in [0.15, 0.2) is 22.8 Å². The van der Waals surface area contributed by atoms with Crippen molar-refractivity contribution in [3.05, 3.63) is 22.8 Å². The van der Waals surface area contributed by atoms with E-state index in [-0.39, 0.29) is 5.97 Å². The van der Waals surface area contributed by atoms with E-state index in [1.54, 1.807) is 6.08 Å². The molecule has 0 aromatic carbocycles. The van der Waals surface area contributed by atoms with Crippen molar-refractivity contribution in [2.24, 2.45) is 0 Å². The van der Waals surface area contributed by atoms with Crippen LogP contribution in [0.25, 0.3) is 0 Å². The number of carbonyl (C=O) groups is 1. The van der Waals surface area contributed by atoms with Crippen LogP contribution in [0.4, 0.5) is 0 Å². The van der Waals surface area contributed by atoms with Gasteiger partial charge in [0.25, 0.3) is 0 Å². The molecule has 0 bridgehead atoms. The summed E-state index contributed by atoms with van der Waals surface area (Å²) in [6.45, 7) is 0. The van der Waals surface area contributed by atoms with Crippen LogP contribution in [-0.2, 0) is 9.53 Å². The van der Waals surface area contributed by atoms with Crippen LogP contribution < -0.4 is 0 Å². The molecule has 1 fully saturated rings. The number of rotatable bonds is 3. The lowest BCUT2D eigenvalue weighted by Crippen LogP contribution is -1.97. The minimum absolute atomic E-state index is 0.232. The van der Waals surface area contributed by atoms with Gasteiger partial charge in [-0.25, -0.2) is 0 Å². The lowest BCUT2D eigenvalue weighted by molar-refractivity contribution is -0.139. The molecule has 3 heteroatoms. The molecule has 0 radical (unpaired) electrons. The molecule has 1 rings (SSSR count). The van der Waals surface area contributed by atoms with Crippen molar-refractivity contribution < 1.29 is 9.53 Å². The molecule has 0 amide bonds. The van der Waals surface area contributed by atoms with Crippen LogP contribution in [0.2, 0.25) is 0 Å². The highest BCUT2D eigenvalue weighted by molar-refractivity contribution is 6.31. The Bertz CT molecular complexity index is 271. The van der Waals surface area contributed by atoms with E-state index in [4.69, 9.17) is 11.6 Å². The fourth-order valence-corrected chi connectivity index (χ4v) is 1.96. The standard InChI is InChI=1S/C12H17ClO2/c1-15-12(14)9-5-8-11(13)10-6-3-2-4-7-10/h5,8H,2-4,6-7,9H2,1H3/b8-5+. The van der Waals surface area contributed by atoms with E-state index in [9.17, 15) is 4.79 Å².